The second-order valence-corrected chi connectivity index (χ2v) is 3.44. The van der Waals surface area contributed by atoms with E-state index < -0.39 is 0 Å². The first-order valence-corrected chi connectivity index (χ1v) is 4.58. The van der Waals surface area contributed by atoms with E-state index in [9.17, 15) is 5.11 Å². The van der Waals surface area contributed by atoms with Crippen LogP contribution in [0.2, 0.25) is 0 Å². The van der Waals surface area contributed by atoms with Crippen LogP contribution in [0.1, 0.15) is 0 Å². The Hall–Kier alpha value is -0.160. The molecular weight excluding hydrogens is 156 g/mol. The first-order valence-electron chi connectivity index (χ1n) is 4.58. The Morgan fingerprint density at radius 2 is 2.00 bits per heavy atom. The topological polar surface area (TPSA) is 44.7 Å². The molecule has 2 aliphatic rings. The molecule has 0 aromatic carbocycles. The number of rotatable bonds is 1. The molecular formula is C8H16N2O2. The van der Waals surface area contributed by atoms with Crippen molar-refractivity contribution in [2.45, 2.75) is 12.1 Å². The highest BCUT2D eigenvalue weighted by Gasteiger charge is 2.30. The van der Waals surface area contributed by atoms with Crippen LogP contribution in [-0.2, 0) is 4.74 Å². The fraction of sp³-hybridized carbons (Fsp3) is 1.00. The first kappa shape index (κ1) is 8.44. The largest absolute Gasteiger partial charge is 0.390 e. The predicted molar refractivity (Wildman–Crippen MR) is 45.1 cm³/mol. The molecule has 0 amide bonds. The van der Waals surface area contributed by atoms with Gasteiger partial charge in [-0.15, -0.1) is 0 Å². The minimum absolute atomic E-state index is 0.192. The van der Waals surface area contributed by atoms with Gasteiger partial charge in [0.2, 0.25) is 0 Å². The number of morpholine rings is 1. The molecule has 0 spiro atoms. The van der Waals surface area contributed by atoms with Gasteiger partial charge in [0.05, 0.1) is 19.3 Å². The first-order chi connectivity index (χ1) is 5.88. The zero-order valence-electron chi connectivity index (χ0n) is 7.20. The van der Waals surface area contributed by atoms with Crippen LogP contribution >= 0.6 is 0 Å². The zero-order chi connectivity index (χ0) is 8.39. The van der Waals surface area contributed by atoms with Crippen LogP contribution in [-0.4, -0.2) is 61.5 Å². The minimum Gasteiger partial charge on any atom is -0.390 e. The summed E-state index contributed by atoms with van der Waals surface area (Å²) < 4.78 is 5.25. The van der Waals surface area contributed by atoms with Crippen molar-refractivity contribution in [2.24, 2.45) is 0 Å². The number of nitrogens with zero attached hydrogens (tertiary/aromatic N) is 1. The van der Waals surface area contributed by atoms with E-state index in [0.29, 0.717) is 6.04 Å². The number of nitrogens with one attached hydrogen (secondary N) is 1. The van der Waals surface area contributed by atoms with Gasteiger partial charge in [-0.05, 0) is 0 Å². The molecule has 12 heavy (non-hydrogen) atoms. The molecule has 70 valence electrons. The fourth-order valence-electron chi connectivity index (χ4n) is 1.93. The van der Waals surface area contributed by atoms with E-state index >= 15 is 0 Å². The van der Waals surface area contributed by atoms with Gasteiger partial charge in [-0.25, -0.2) is 0 Å². The molecule has 2 atom stereocenters. The second-order valence-electron chi connectivity index (χ2n) is 3.44. The van der Waals surface area contributed by atoms with Crippen molar-refractivity contribution in [2.75, 3.05) is 39.4 Å². The average Bonchev–Trinajstić information content (AvgIpc) is 2.53. The van der Waals surface area contributed by atoms with Gasteiger partial charge in [0.15, 0.2) is 0 Å². The molecule has 2 heterocycles. The highest BCUT2D eigenvalue weighted by molar-refractivity contribution is 4.89. The summed E-state index contributed by atoms with van der Waals surface area (Å²) in [5.74, 6) is 0. The quantitative estimate of drug-likeness (QED) is 0.513. The van der Waals surface area contributed by atoms with Gasteiger partial charge in [0.1, 0.15) is 0 Å². The van der Waals surface area contributed by atoms with Crippen molar-refractivity contribution in [3.8, 4) is 0 Å². The van der Waals surface area contributed by atoms with Gasteiger partial charge in [-0.2, -0.15) is 0 Å². The molecule has 0 radical (unpaired) electrons. The molecule has 2 N–H and O–H groups in total. The SMILES string of the molecule is O[C@@H]1CNC[C@H]1N1CCOCC1. The van der Waals surface area contributed by atoms with Crippen molar-refractivity contribution in [1.82, 2.24) is 10.2 Å². The summed E-state index contributed by atoms with van der Waals surface area (Å²) in [4.78, 5) is 2.31. The lowest BCUT2D eigenvalue weighted by Crippen LogP contribution is -2.48. The van der Waals surface area contributed by atoms with Crippen molar-refractivity contribution in [1.29, 1.82) is 0 Å². The number of hydrogen-bond acceptors (Lipinski definition) is 4. The molecule has 4 heteroatoms. The van der Waals surface area contributed by atoms with Gasteiger partial charge >= 0.3 is 0 Å². The van der Waals surface area contributed by atoms with Crippen molar-refractivity contribution in [3.63, 3.8) is 0 Å². The smallest absolute Gasteiger partial charge is 0.0831 e. The summed E-state index contributed by atoms with van der Waals surface area (Å²) in [6, 6.07) is 0.314. The molecule has 2 rings (SSSR count). The summed E-state index contributed by atoms with van der Waals surface area (Å²) in [5.41, 5.74) is 0. The van der Waals surface area contributed by atoms with Crippen molar-refractivity contribution >= 4 is 0 Å². The normalized spacial score (nSPS) is 38.8. The molecule has 0 unspecified atom stereocenters. The van der Waals surface area contributed by atoms with E-state index in [-0.39, 0.29) is 6.10 Å². The molecule has 0 aromatic heterocycles. The second kappa shape index (κ2) is 3.70. The summed E-state index contributed by atoms with van der Waals surface area (Å²) >= 11 is 0. The zero-order valence-corrected chi connectivity index (χ0v) is 7.20. The minimum atomic E-state index is -0.192. The van der Waals surface area contributed by atoms with Gasteiger partial charge in [-0.3, -0.25) is 4.90 Å². The number of aliphatic hydroxyl groups is 1. The van der Waals surface area contributed by atoms with Crippen LogP contribution in [0.3, 0.4) is 0 Å². The molecule has 2 aliphatic heterocycles. The third-order valence-electron chi connectivity index (χ3n) is 2.67. The van der Waals surface area contributed by atoms with Crippen LogP contribution in [0.15, 0.2) is 0 Å². The van der Waals surface area contributed by atoms with E-state index in [2.05, 4.69) is 10.2 Å². The van der Waals surface area contributed by atoms with Crippen LogP contribution in [0, 0.1) is 0 Å². The predicted octanol–water partition coefficient (Wildman–Crippen LogP) is -1.35. The van der Waals surface area contributed by atoms with Crippen LogP contribution < -0.4 is 5.32 Å². The Bertz CT molecular complexity index is 148. The summed E-state index contributed by atoms with van der Waals surface area (Å²) in [6.45, 7) is 5.20. The highest BCUT2D eigenvalue weighted by atomic mass is 16.5. The lowest BCUT2D eigenvalue weighted by atomic mass is 10.2. The Kier molecular flexibility index (Phi) is 2.60. The monoisotopic (exact) mass is 172 g/mol. The van der Waals surface area contributed by atoms with E-state index in [4.69, 9.17) is 4.74 Å². The molecule has 0 aliphatic carbocycles. The molecule has 4 nitrogen and oxygen atoms in total. The van der Waals surface area contributed by atoms with E-state index in [1.807, 2.05) is 0 Å². The third-order valence-corrected chi connectivity index (χ3v) is 2.67. The fourth-order valence-corrected chi connectivity index (χ4v) is 1.93. The maximum absolute atomic E-state index is 9.60. The average molecular weight is 172 g/mol. The number of ether oxygens (including phenoxy) is 1. The van der Waals surface area contributed by atoms with Crippen LogP contribution in [0.5, 0.6) is 0 Å². The van der Waals surface area contributed by atoms with Gasteiger partial charge in [0.25, 0.3) is 0 Å². The molecule has 0 aromatic rings. The van der Waals surface area contributed by atoms with E-state index in [1.165, 1.54) is 0 Å². The van der Waals surface area contributed by atoms with Crippen LogP contribution in [0.25, 0.3) is 0 Å². The van der Waals surface area contributed by atoms with Crippen molar-refractivity contribution in [3.05, 3.63) is 0 Å². The maximum Gasteiger partial charge on any atom is 0.0831 e. The van der Waals surface area contributed by atoms with Gasteiger partial charge < -0.3 is 15.2 Å². The Labute approximate surface area is 72.5 Å². The highest BCUT2D eigenvalue weighted by Crippen LogP contribution is 2.10. The Morgan fingerprint density at radius 3 is 2.58 bits per heavy atom. The summed E-state index contributed by atoms with van der Waals surface area (Å²) in [6.07, 6.45) is -0.192. The van der Waals surface area contributed by atoms with Crippen molar-refractivity contribution < 1.29 is 9.84 Å². The van der Waals surface area contributed by atoms with Gasteiger partial charge in [0, 0.05) is 32.2 Å². The van der Waals surface area contributed by atoms with Crippen LogP contribution in [0.4, 0.5) is 0 Å². The van der Waals surface area contributed by atoms with Gasteiger partial charge in [-0.1, -0.05) is 0 Å². The number of hydrogen-bond donors (Lipinski definition) is 2. The lowest BCUT2D eigenvalue weighted by Gasteiger charge is -2.33. The molecule has 2 fully saturated rings. The molecule has 0 saturated carbocycles. The Balaban J connectivity index is 1.89. The molecule has 0 bridgehead atoms. The number of aliphatic hydroxyl groups excluding tert-OH is 1. The summed E-state index contributed by atoms with van der Waals surface area (Å²) in [5, 5.41) is 12.8. The lowest BCUT2D eigenvalue weighted by molar-refractivity contribution is -0.00592. The van der Waals surface area contributed by atoms with E-state index in [1.54, 1.807) is 0 Å². The molecule has 2 saturated heterocycles. The number of β-amino-alcohol motifs (C(OH)–C–C–N with tert-alkyl or cyclic N) is 1. The van der Waals surface area contributed by atoms with E-state index in [0.717, 1.165) is 39.4 Å². The summed E-state index contributed by atoms with van der Waals surface area (Å²) in [7, 11) is 0. The Morgan fingerprint density at radius 1 is 1.25 bits per heavy atom. The standard InChI is InChI=1S/C8H16N2O2/c11-8-6-9-5-7(8)10-1-3-12-4-2-10/h7-9,11H,1-6H2/t7-,8-/m1/s1. The third kappa shape index (κ3) is 1.61. The maximum atomic E-state index is 9.60.